The predicted molar refractivity (Wildman–Crippen MR) is 115 cm³/mol. The fourth-order valence-electron chi connectivity index (χ4n) is 4.17. The number of fused-ring (bicyclic) bond motifs is 1. The molecule has 4 rings (SSSR count). The molecule has 0 N–H and O–H groups in total. The van der Waals surface area contributed by atoms with Gasteiger partial charge in [-0.05, 0) is 55.0 Å². The lowest BCUT2D eigenvalue weighted by atomic mass is 9.92. The normalized spacial score (nSPS) is 21.4. The van der Waals surface area contributed by atoms with Gasteiger partial charge in [0.2, 0.25) is 0 Å². The van der Waals surface area contributed by atoms with Crippen LogP contribution in [0, 0.1) is 12.8 Å². The fourth-order valence-corrected chi connectivity index (χ4v) is 4.17. The Bertz CT molecular complexity index is 931. The number of nitrogens with zero attached hydrogens (tertiary/aromatic N) is 4. The molecule has 2 atom stereocenters. The molecule has 0 unspecified atom stereocenters. The lowest BCUT2D eigenvalue weighted by Gasteiger charge is -2.42. The van der Waals surface area contributed by atoms with E-state index in [9.17, 15) is 0 Å². The average molecular weight is 395 g/mol. The first-order valence-electron chi connectivity index (χ1n) is 10.5. The van der Waals surface area contributed by atoms with Gasteiger partial charge in [-0.25, -0.2) is 4.98 Å². The van der Waals surface area contributed by atoms with E-state index in [0.29, 0.717) is 18.6 Å². The van der Waals surface area contributed by atoms with Gasteiger partial charge in [0.25, 0.3) is 0 Å². The van der Waals surface area contributed by atoms with E-state index in [1.165, 1.54) is 5.57 Å². The number of benzene rings is 1. The molecule has 0 bridgehead atoms. The highest BCUT2D eigenvalue weighted by Gasteiger charge is 2.34. The first kappa shape index (κ1) is 19.6. The Morgan fingerprint density at radius 2 is 2.24 bits per heavy atom. The fraction of sp³-hybridized carbons (Fsp3) is 0.478. The SMILES string of the molecule is CC[C@H](C)[C@H]1CON=C2/C(=C/c3ccc(-n4cnc(C)c4)c(OC)c3)CCCN21. The molecule has 0 amide bonds. The van der Waals surface area contributed by atoms with Gasteiger partial charge in [-0.3, -0.25) is 0 Å². The smallest absolute Gasteiger partial charge is 0.171 e. The number of amidine groups is 1. The third-order valence-electron chi connectivity index (χ3n) is 6.04. The summed E-state index contributed by atoms with van der Waals surface area (Å²) in [5.74, 6) is 2.41. The number of rotatable bonds is 5. The Hall–Kier alpha value is -2.76. The molecule has 1 saturated heterocycles. The van der Waals surface area contributed by atoms with Crippen LogP contribution in [0.25, 0.3) is 11.8 Å². The minimum Gasteiger partial charge on any atom is -0.495 e. The number of methoxy groups -OCH3 is 1. The third-order valence-corrected chi connectivity index (χ3v) is 6.04. The van der Waals surface area contributed by atoms with Crippen molar-refractivity contribution in [2.24, 2.45) is 11.1 Å². The molecule has 0 spiro atoms. The largest absolute Gasteiger partial charge is 0.495 e. The van der Waals surface area contributed by atoms with Crippen LogP contribution in [0.3, 0.4) is 0 Å². The van der Waals surface area contributed by atoms with Gasteiger partial charge in [0.15, 0.2) is 5.84 Å². The number of hydrogen-bond acceptors (Lipinski definition) is 5. The van der Waals surface area contributed by atoms with Crippen LogP contribution in [0.1, 0.15) is 44.4 Å². The zero-order chi connectivity index (χ0) is 20.4. The van der Waals surface area contributed by atoms with Crippen LogP contribution in [0.5, 0.6) is 5.75 Å². The topological polar surface area (TPSA) is 51.9 Å². The molecule has 29 heavy (non-hydrogen) atoms. The summed E-state index contributed by atoms with van der Waals surface area (Å²) in [6.07, 6.45) is 9.33. The van der Waals surface area contributed by atoms with Gasteiger partial charge in [0.1, 0.15) is 12.4 Å². The van der Waals surface area contributed by atoms with Crippen molar-refractivity contribution in [2.75, 3.05) is 20.3 Å². The lowest BCUT2D eigenvalue weighted by Crippen LogP contribution is -2.51. The third kappa shape index (κ3) is 3.88. The molecular formula is C23H30N4O2. The minimum absolute atomic E-state index is 0.401. The zero-order valence-corrected chi connectivity index (χ0v) is 17.8. The van der Waals surface area contributed by atoms with Crippen LogP contribution in [0.15, 0.2) is 41.5 Å². The van der Waals surface area contributed by atoms with Crippen LogP contribution in [0.4, 0.5) is 0 Å². The van der Waals surface area contributed by atoms with Crippen molar-refractivity contribution in [2.45, 2.75) is 46.1 Å². The van der Waals surface area contributed by atoms with Crippen molar-refractivity contribution in [3.63, 3.8) is 0 Å². The number of ether oxygens (including phenoxy) is 1. The van der Waals surface area contributed by atoms with Crippen molar-refractivity contribution >= 4 is 11.9 Å². The average Bonchev–Trinajstić information content (AvgIpc) is 3.19. The number of imidazole rings is 1. The molecule has 2 aliphatic rings. The quantitative estimate of drug-likeness (QED) is 0.753. The monoisotopic (exact) mass is 394 g/mol. The second kappa shape index (κ2) is 8.31. The van der Waals surface area contributed by atoms with Crippen molar-refractivity contribution in [1.82, 2.24) is 14.5 Å². The molecular weight excluding hydrogens is 364 g/mol. The Kier molecular flexibility index (Phi) is 5.60. The number of aryl methyl sites for hydroxylation is 1. The lowest BCUT2D eigenvalue weighted by molar-refractivity contribution is 0.0355. The number of piperidine rings is 1. The van der Waals surface area contributed by atoms with Gasteiger partial charge in [-0.1, -0.05) is 31.5 Å². The summed E-state index contributed by atoms with van der Waals surface area (Å²) in [5.41, 5.74) is 4.30. The summed E-state index contributed by atoms with van der Waals surface area (Å²) < 4.78 is 7.65. The second-order valence-corrected chi connectivity index (χ2v) is 7.98. The minimum atomic E-state index is 0.401. The van der Waals surface area contributed by atoms with E-state index < -0.39 is 0 Å². The molecule has 0 aliphatic carbocycles. The van der Waals surface area contributed by atoms with Gasteiger partial charge < -0.3 is 19.0 Å². The van der Waals surface area contributed by atoms with Gasteiger partial charge in [0, 0.05) is 12.7 Å². The molecule has 1 aromatic carbocycles. The van der Waals surface area contributed by atoms with E-state index in [0.717, 1.165) is 54.3 Å². The molecule has 0 radical (unpaired) electrons. The van der Waals surface area contributed by atoms with Gasteiger partial charge in [0.05, 0.1) is 30.9 Å². The van der Waals surface area contributed by atoms with Gasteiger partial charge in [-0.2, -0.15) is 0 Å². The summed E-state index contributed by atoms with van der Waals surface area (Å²) in [6.45, 7) is 8.26. The standard InChI is InChI=1S/C23H30N4O2/c1-5-16(2)21-14-29-25-23-19(7-6-10-27(21)23)11-18-8-9-20(22(12-18)28-4)26-13-17(3)24-15-26/h8-9,11-13,15-16,21H,5-7,10,14H2,1-4H3/b19-11+/t16-,21+/m0/s1. The maximum Gasteiger partial charge on any atom is 0.171 e. The molecule has 6 heteroatoms. The molecule has 1 fully saturated rings. The highest BCUT2D eigenvalue weighted by atomic mass is 16.6. The molecule has 6 nitrogen and oxygen atoms in total. The highest BCUT2D eigenvalue weighted by molar-refractivity contribution is 6.02. The first-order valence-corrected chi connectivity index (χ1v) is 10.5. The predicted octanol–water partition coefficient (Wildman–Crippen LogP) is 4.43. The zero-order valence-electron chi connectivity index (χ0n) is 17.8. The van der Waals surface area contributed by atoms with Gasteiger partial charge in [-0.15, -0.1) is 0 Å². The molecule has 2 aromatic rings. The highest BCUT2D eigenvalue weighted by Crippen LogP contribution is 2.31. The molecule has 154 valence electrons. The van der Waals surface area contributed by atoms with Crippen LogP contribution in [0.2, 0.25) is 0 Å². The summed E-state index contributed by atoms with van der Waals surface area (Å²) in [5, 5.41) is 4.44. The van der Waals surface area contributed by atoms with Crippen molar-refractivity contribution in [1.29, 1.82) is 0 Å². The van der Waals surface area contributed by atoms with E-state index in [-0.39, 0.29) is 0 Å². The van der Waals surface area contributed by atoms with Gasteiger partial charge >= 0.3 is 0 Å². The van der Waals surface area contributed by atoms with E-state index in [4.69, 9.17) is 9.57 Å². The molecule has 2 aliphatic heterocycles. The number of aromatic nitrogens is 2. The summed E-state index contributed by atoms with van der Waals surface area (Å²) in [6, 6.07) is 6.67. The number of oxime groups is 1. The molecule has 3 heterocycles. The van der Waals surface area contributed by atoms with Crippen molar-refractivity contribution < 1.29 is 9.57 Å². The first-order chi connectivity index (χ1) is 14.1. The van der Waals surface area contributed by atoms with E-state index in [1.807, 2.05) is 24.0 Å². The summed E-state index contributed by atoms with van der Waals surface area (Å²) >= 11 is 0. The summed E-state index contributed by atoms with van der Waals surface area (Å²) in [4.78, 5) is 12.4. The van der Waals surface area contributed by atoms with Crippen LogP contribution >= 0.6 is 0 Å². The molecule has 0 saturated carbocycles. The maximum absolute atomic E-state index is 5.67. The van der Waals surface area contributed by atoms with Crippen LogP contribution in [-0.2, 0) is 4.84 Å². The Labute approximate surface area is 172 Å². The summed E-state index contributed by atoms with van der Waals surface area (Å²) in [7, 11) is 1.71. The number of hydrogen-bond donors (Lipinski definition) is 0. The molecule has 1 aromatic heterocycles. The Morgan fingerprint density at radius 3 is 2.97 bits per heavy atom. The van der Waals surface area contributed by atoms with Crippen molar-refractivity contribution in [3.05, 3.63) is 47.6 Å². The second-order valence-electron chi connectivity index (χ2n) is 7.98. The van der Waals surface area contributed by atoms with E-state index >= 15 is 0 Å². The Balaban J connectivity index is 1.64. The Morgan fingerprint density at radius 1 is 1.38 bits per heavy atom. The van der Waals surface area contributed by atoms with Crippen LogP contribution < -0.4 is 4.74 Å². The van der Waals surface area contributed by atoms with Crippen molar-refractivity contribution in [3.8, 4) is 11.4 Å². The van der Waals surface area contributed by atoms with E-state index in [2.05, 4.69) is 53.2 Å². The maximum atomic E-state index is 5.67. The van der Waals surface area contributed by atoms with Crippen LogP contribution in [-0.4, -0.2) is 46.6 Å². The van der Waals surface area contributed by atoms with E-state index in [1.54, 1.807) is 7.11 Å².